The summed E-state index contributed by atoms with van der Waals surface area (Å²) in [5.41, 5.74) is 2.23. The lowest BCUT2D eigenvalue weighted by Gasteiger charge is -2.11. The number of rotatable bonds is 10. The van der Waals surface area contributed by atoms with Crippen molar-refractivity contribution < 1.29 is 14.6 Å². The molecule has 1 amide bonds. The van der Waals surface area contributed by atoms with Crippen LogP contribution in [-0.4, -0.2) is 17.6 Å². The van der Waals surface area contributed by atoms with Crippen LogP contribution >= 0.6 is 0 Å². The standard InChI is InChI=1S/C22H29NO3/c1-3-4-5-6-7-8-15-26-21-14-11-19(16-17(21)2)23-22(25)18-9-12-20(24)13-10-18/h9-14,16,24H,3-8,15H2,1-2H3,(H,23,25). The van der Waals surface area contributed by atoms with Gasteiger partial charge in [0.1, 0.15) is 11.5 Å². The summed E-state index contributed by atoms with van der Waals surface area (Å²) >= 11 is 0. The van der Waals surface area contributed by atoms with Crippen LogP contribution in [0.2, 0.25) is 0 Å². The number of carbonyl (C=O) groups is 1. The summed E-state index contributed by atoms with van der Waals surface area (Å²) in [5, 5.41) is 12.2. The van der Waals surface area contributed by atoms with Gasteiger partial charge < -0.3 is 15.2 Å². The molecule has 0 fully saturated rings. The van der Waals surface area contributed by atoms with Crippen molar-refractivity contribution in [1.29, 1.82) is 0 Å². The van der Waals surface area contributed by atoms with E-state index in [9.17, 15) is 9.90 Å². The Balaban J connectivity index is 1.81. The summed E-state index contributed by atoms with van der Waals surface area (Å²) in [5.74, 6) is 0.801. The fourth-order valence-electron chi connectivity index (χ4n) is 2.77. The Hall–Kier alpha value is -2.49. The molecule has 0 saturated carbocycles. The maximum Gasteiger partial charge on any atom is 0.255 e. The van der Waals surface area contributed by atoms with Crippen LogP contribution in [0.25, 0.3) is 0 Å². The second-order valence-corrected chi connectivity index (χ2v) is 6.60. The number of hydrogen-bond acceptors (Lipinski definition) is 3. The minimum atomic E-state index is -0.204. The van der Waals surface area contributed by atoms with E-state index in [0.29, 0.717) is 5.56 Å². The van der Waals surface area contributed by atoms with Gasteiger partial charge in [0, 0.05) is 11.3 Å². The van der Waals surface area contributed by atoms with E-state index < -0.39 is 0 Å². The van der Waals surface area contributed by atoms with E-state index in [1.807, 2.05) is 25.1 Å². The maximum absolute atomic E-state index is 12.2. The van der Waals surface area contributed by atoms with Gasteiger partial charge in [0.2, 0.25) is 0 Å². The number of ether oxygens (including phenoxy) is 1. The molecule has 0 atom stereocenters. The molecular weight excluding hydrogens is 326 g/mol. The first-order chi connectivity index (χ1) is 12.6. The molecule has 0 bridgehead atoms. The smallest absolute Gasteiger partial charge is 0.255 e. The van der Waals surface area contributed by atoms with E-state index in [1.165, 1.54) is 44.2 Å². The number of phenols is 1. The molecule has 2 N–H and O–H groups in total. The molecule has 0 radical (unpaired) electrons. The Kier molecular flexibility index (Phi) is 8.00. The highest BCUT2D eigenvalue weighted by Gasteiger charge is 2.08. The van der Waals surface area contributed by atoms with Gasteiger partial charge in [-0.15, -0.1) is 0 Å². The molecule has 4 nitrogen and oxygen atoms in total. The van der Waals surface area contributed by atoms with E-state index in [4.69, 9.17) is 4.74 Å². The number of phenolic OH excluding ortho intramolecular Hbond substituents is 1. The zero-order valence-corrected chi connectivity index (χ0v) is 15.8. The Morgan fingerprint density at radius 2 is 1.69 bits per heavy atom. The van der Waals surface area contributed by atoms with Crippen molar-refractivity contribution in [3.63, 3.8) is 0 Å². The molecule has 0 aliphatic rings. The first-order valence-corrected chi connectivity index (χ1v) is 9.44. The molecule has 0 unspecified atom stereocenters. The normalized spacial score (nSPS) is 10.5. The number of aromatic hydroxyl groups is 1. The molecular formula is C22H29NO3. The minimum Gasteiger partial charge on any atom is -0.508 e. The number of nitrogens with one attached hydrogen (secondary N) is 1. The van der Waals surface area contributed by atoms with E-state index in [2.05, 4.69) is 12.2 Å². The predicted molar refractivity (Wildman–Crippen MR) is 106 cm³/mol. The molecule has 0 aromatic heterocycles. The third kappa shape index (κ3) is 6.43. The number of benzene rings is 2. The van der Waals surface area contributed by atoms with Gasteiger partial charge in [0.15, 0.2) is 0 Å². The van der Waals surface area contributed by atoms with Crippen molar-refractivity contribution in [3.05, 3.63) is 53.6 Å². The van der Waals surface area contributed by atoms with Crippen molar-refractivity contribution in [2.24, 2.45) is 0 Å². The van der Waals surface area contributed by atoms with E-state index in [-0.39, 0.29) is 11.7 Å². The third-order valence-electron chi connectivity index (χ3n) is 4.32. The summed E-state index contributed by atoms with van der Waals surface area (Å²) in [6.45, 7) is 4.93. The molecule has 0 aliphatic carbocycles. The molecule has 4 heteroatoms. The number of anilines is 1. The average molecular weight is 355 g/mol. The minimum absolute atomic E-state index is 0.143. The molecule has 0 saturated heterocycles. The van der Waals surface area contributed by atoms with Crippen LogP contribution in [0.1, 0.15) is 61.4 Å². The molecule has 2 aromatic carbocycles. The van der Waals surface area contributed by atoms with Crippen LogP contribution < -0.4 is 10.1 Å². The Morgan fingerprint density at radius 3 is 2.38 bits per heavy atom. The number of carbonyl (C=O) groups excluding carboxylic acids is 1. The summed E-state index contributed by atoms with van der Waals surface area (Å²) in [6, 6.07) is 11.8. The summed E-state index contributed by atoms with van der Waals surface area (Å²) in [6.07, 6.45) is 7.45. The van der Waals surface area contributed by atoms with Gasteiger partial charge in [-0.1, -0.05) is 39.0 Å². The average Bonchev–Trinajstić information content (AvgIpc) is 2.63. The maximum atomic E-state index is 12.2. The lowest BCUT2D eigenvalue weighted by molar-refractivity contribution is 0.102. The molecule has 140 valence electrons. The Labute approximate surface area is 156 Å². The van der Waals surface area contributed by atoms with Crippen molar-refractivity contribution in [2.45, 2.75) is 52.4 Å². The van der Waals surface area contributed by atoms with Crippen molar-refractivity contribution in [1.82, 2.24) is 0 Å². The topological polar surface area (TPSA) is 58.6 Å². The van der Waals surface area contributed by atoms with Crippen molar-refractivity contribution >= 4 is 11.6 Å². The first-order valence-electron chi connectivity index (χ1n) is 9.44. The monoisotopic (exact) mass is 355 g/mol. The first kappa shape index (κ1) is 19.8. The lowest BCUT2D eigenvalue weighted by Crippen LogP contribution is -2.11. The van der Waals surface area contributed by atoms with Gasteiger partial charge >= 0.3 is 0 Å². The zero-order valence-electron chi connectivity index (χ0n) is 15.8. The van der Waals surface area contributed by atoms with Crippen LogP contribution in [0.15, 0.2) is 42.5 Å². The van der Waals surface area contributed by atoms with Gasteiger partial charge in [0.25, 0.3) is 5.91 Å². The fraction of sp³-hybridized carbons (Fsp3) is 0.409. The van der Waals surface area contributed by atoms with Crippen molar-refractivity contribution in [3.8, 4) is 11.5 Å². The van der Waals surface area contributed by atoms with Crippen LogP contribution in [0.5, 0.6) is 11.5 Å². The highest BCUT2D eigenvalue weighted by Crippen LogP contribution is 2.23. The second-order valence-electron chi connectivity index (χ2n) is 6.60. The quantitative estimate of drug-likeness (QED) is 0.538. The van der Waals surface area contributed by atoms with Crippen LogP contribution in [0, 0.1) is 6.92 Å². The van der Waals surface area contributed by atoms with Crippen LogP contribution in [0.4, 0.5) is 5.69 Å². The summed E-state index contributed by atoms with van der Waals surface area (Å²) in [7, 11) is 0. The molecule has 2 rings (SSSR count). The molecule has 26 heavy (non-hydrogen) atoms. The van der Waals surface area contributed by atoms with Gasteiger partial charge in [-0.05, 0) is 61.4 Å². The van der Waals surface area contributed by atoms with Crippen LogP contribution in [-0.2, 0) is 0 Å². The zero-order chi connectivity index (χ0) is 18.8. The van der Waals surface area contributed by atoms with Gasteiger partial charge in [0.05, 0.1) is 6.61 Å². The molecule has 0 aliphatic heterocycles. The van der Waals surface area contributed by atoms with E-state index >= 15 is 0 Å². The SMILES string of the molecule is CCCCCCCCOc1ccc(NC(=O)c2ccc(O)cc2)cc1C. The largest absolute Gasteiger partial charge is 0.508 e. The van der Waals surface area contributed by atoms with Gasteiger partial charge in [-0.3, -0.25) is 4.79 Å². The van der Waals surface area contributed by atoms with Crippen LogP contribution in [0.3, 0.4) is 0 Å². The predicted octanol–water partition coefficient (Wildman–Crippen LogP) is 5.69. The second kappa shape index (κ2) is 10.5. The fourth-order valence-corrected chi connectivity index (χ4v) is 2.77. The van der Waals surface area contributed by atoms with E-state index in [0.717, 1.165) is 30.0 Å². The number of aryl methyl sites for hydroxylation is 1. The van der Waals surface area contributed by atoms with Crippen molar-refractivity contribution in [2.75, 3.05) is 11.9 Å². The number of hydrogen-bond donors (Lipinski definition) is 2. The van der Waals surface area contributed by atoms with Gasteiger partial charge in [-0.25, -0.2) is 0 Å². The van der Waals surface area contributed by atoms with E-state index in [1.54, 1.807) is 12.1 Å². The highest BCUT2D eigenvalue weighted by atomic mass is 16.5. The Bertz CT molecular complexity index is 695. The van der Waals surface area contributed by atoms with Gasteiger partial charge in [-0.2, -0.15) is 0 Å². The lowest BCUT2D eigenvalue weighted by atomic mass is 10.1. The summed E-state index contributed by atoms with van der Waals surface area (Å²) < 4.78 is 5.86. The summed E-state index contributed by atoms with van der Waals surface area (Å²) in [4.78, 5) is 12.2. The third-order valence-corrected chi connectivity index (χ3v) is 4.32. The molecule has 0 spiro atoms. The highest BCUT2D eigenvalue weighted by molar-refractivity contribution is 6.04. The number of unbranched alkanes of at least 4 members (excludes halogenated alkanes) is 5. The Morgan fingerprint density at radius 1 is 1.00 bits per heavy atom. The molecule has 0 heterocycles. The molecule has 2 aromatic rings. The number of amides is 1.